The molecule has 7 heteroatoms. The Morgan fingerprint density at radius 3 is 2.44 bits per heavy atom. The van der Waals surface area contributed by atoms with E-state index in [1.165, 1.54) is 14.0 Å². The van der Waals surface area contributed by atoms with Gasteiger partial charge < -0.3 is 24.4 Å². The molecule has 1 fully saturated rings. The molecule has 2 aliphatic rings. The van der Waals surface area contributed by atoms with E-state index in [-0.39, 0.29) is 47.6 Å². The van der Waals surface area contributed by atoms with Gasteiger partial charge in [0.25, 0.3) is 0 Å². The van der Waals surface area contributed by atoms with Gasteiger partial charge in [0.05, 0.1) is 18.8 Å². The van der Waals surface area contributed by atoms with Crippen molar-refractivity contribution in [3.05, 3.63) is 33.9 Å². The molecule has 27 heavy (non-hydrogen) atoms. The summed E-state index contributed by atoms with van der Waals surface area (Å²) < 4.78 is 16.3. The molecule has 0 spiro atoms. The summed E-state index contributed by atoms with van der Waals surface area (Å²) in [6, 6.07) is 0. The van der Waals surface area contributed by atoms with Crippen molar-refractivity contribution in [1.29, 1.82) is 0 Å². The molecule has 0 aromatic heterocycles. The highest BCUT2D eigenvalue weighted by atomic mass is 16.6. The predicted octanol–water partition coefficient (Wildman–Crippen LogP) is 2.53. The molecule has 1 saturated heterocycles. The third-order valence-electron chi connectivity index (χ3n) is 5.39. The van der Waals surface area contributed by atoms with Crippen LogP contribution in [-0.4, -0.2) is 41.3 Å². The van der Waals surface area contributed by atoms with Crippen LogP contribution in [-0.2, 0) is 20.9 Å². The van der Waals surface area contributed by atoms with Gasteiger partial charge in [-0.2, -0.15) is 0 Å². The zero-order valence-corrected chi connectivity index (χ0v) is 16.0. The molecule has 1 aliphatic heterocycles. The number of allylic oxidation sites excluding steroid dienone is 1. The van der Waals surface area contributed by atoms with E-state index in [0.29, 0.717) is 22.3 Å². The number of carbonyl (C=O) groups excluding carboxylic acids is 2. The number of ketones is 1. The van der Waals surface area contributed by atoms with Crippen LogP contribution in [0.1, 0.15) is 66.8 Å². The molecule has 1 unspecified atom stereocenters. The Bertz CT molecular complexity index is 839. The van der Waals surface area contributed by atoms with E-state index < -0.39 is 12.1 Å². The van der Waals surface area contributed by atoms with Crippen molar-refractivity contribution in [3.63, 3.8) is 0 Å². The van der Waals surface area contributed by atoms with Crippen molar-refractivity contribution in [2.24, 2.45) is 0 Å². The maximum absolute atomic E-state index is 12.3. The summed E-state index contributed by atoms with van der Waals surface area (Å²) >= 11 is 0. The second-order valence-corrected chi connectivity index (χ2v) is 6.97. The molecule has 1 aromatic rings. The van der Waals surface area contributed by atoms with Crippen molar-refractivity contribution in [2.75, 3.05) is 7.11 Å². The molecule has 1 heterocycles. The number of rotatable bonds is 5. The summed E-state index contributed by atoms with van der Waals surface area (Å²) in [5.74, 6) is -1.35. The molecule has 0 amide bonds. The Labute approximate surface area is 157 Å². The number of ether oxygens (including phenoxy) is 3. The van der Waals surface area contributed by atoms with E-state index in [4.69, 9.17) is 14.2 Å². The Morgan fingerprint density at radius 2 is 1.89 bits per heavy atom. The molecule has 4 atom stereocenters. The molecule has 1 aliphatic carbocycles. The van der Waals surface area contributed by atoms with Gasteiger partial charge in [-0.15, -0.1) is 0 Å². The summed E-state index contributed by atoms with van der Waals surface area (Å²) in [6.07, 6.45) is 0.0807. The molecule has 7 nitrogen and oxygen atoms in total. The van der Waals surface area contributed by atoms with Crippen molar-refractivity contribution < 1.29 is 34.0 Å². The second kappa shape index (κ2) is 6.98. The first-order valence-electron chi connectivity index (χ1n) is 8.84. The average molecular weight is 376 g/mol. The monoisotopic (exact) mass is 376 g/mol. The highest BCUT2D eigenvalue weighted by Crippen LogP contribution is 2.56. The van der Waals surface area contributed by atoms with E-state index >= 15 is 0 Å². The third kappa shape index (κ3) is 3.00. The number of aliphatic hydroxyl groups is 1. The molecule has 0 saturated carbocycles. The number of Topliss-reactive ketones (excluding diaryl/α,β-unsaturated/α-hetero) is 1. The SMILES string of the molecule is C/C=C(/C)C(=O)OCc1c(C(C)=O)c(O)c(OC)c2c1C(C)[C@@H]1O[C@@H]1[C@H]2O. The number of phenols is 1. The lowest BCUT2D eigenvalue weighted by Gasteiger charge is -2.30. The van der Waals surface area contributed by atoms with E-state index in [1.54, 1.807) is 19.9 Å². The molecule has 146 valence electrons. The van der Waals surface area contributed by atoms with Gasteiger partial charge in [0.15, 0.2) is 17.3 Å². The van der Waals surface area contributed by atoms with Crippen molar-refractivity contribution in [2.45, 2.75) is 58.5 Å². The normalized spacial score (nSPS) is 26.1. The Morgan fingerprint density at radius 1 is 1.22 bits per heavy atom. The second-order valence-electron chi connectivity index (χ2n) is 6.97. The van der Waals surface area contributed by atoms with Crippen LogP contribution >= 0.6 is 0 Å². The first-order chi connectivity index (χ1) is 12.7. The number of aromatic hydroxyl groups is 1. The number of hydrogen-bond donors (Lipinski definition) is 2. The van der Waals surface area contributed by atoms with Crippen LogP contribution in [0.5, 0.6) is 11.5 Å². The highest BCUT2D eigenvalue weighted by molar-refractivity contribution is 6.00. The number of phenolic OH excluding ortho intramolecular Hbond substituents is 1. The number of hydrogen-bond acceptors (Lipinski definition) is 7. The minimum absolute atomic E-state index is 0.0367. The van der Waals surface area contributed by atoms with Gasteiger partial charge in [-0.1, -0.05) is 13.0 Å². The largest absolute Gasteiger partial charge is 0.504 e. The van der Waals surface area contributed by atoms with Gasteiger partial charge in [0.2, 0.25) is 0 Å². The molecule has 0 bridgehead atoms. The van der Waals surface area contributed by atoms with E-state index in [0.717, 1.165) is 0 Å². The van der Waals surface area contributed by atoms with Crippen LogP contribution in [0.4, 0.5) is 0 Å². The van der Waals surface area contributed by atoms with Crippen LogP contribution in [0.3, 0.4) is 0 Å². The maximum Gasteiger partial charge on any atom is 0.333 e. The van der Waals surface area contributed by atoms with Crippen LogP contribution in [0, 0.1) is 0 Å². The van der Waals surface area contributed by atoms with E-state index in [2.05, 4.69) is 0 Å². The van der Waals surface area contributed by atoms with Gasteiger partial charge >= 0.3 is 5.97 Å². The first kappa shape index (κ1) is 19.4. The Kier molecular flexibility index (Phi) is 5.01. The number of carbonyl (C=O) groups is 2. The lowest BCUT2D eigenvalue weighted by Crippen LogP contribution is -2.25. The quantitative estimate of drug-likeness (QED) is 0.352. The van der Waals surface area contributed by atoms with Gasteiger partial charge in [-0.3, -0.25) is 4.79 Å². The van der Waals surface area contributed by atoms with E-state index in [1.807, 2.05) is 6.92 Å². The number of fused-ring (bicyclic) bond motifs is 2. The lowest BCUT2D eigenvalue weighted by atomic mass is 9.77. The molecule has 0 radical (unpaired) electrons. The minimum Gasteiger partial charge on any atom is -0.504 e. The number of methoxy groups -OCH3 is 1. The molecular weight excluding hydrogens is 352 g/mol. The van der Waals surface area contributed by atoms with Crippen molar-refractivity contribution >= 4 is 11.8 Å². The summed E-state index contributed by atoms with van der Waals surface area (Å²) in [5, 5.41) is 21.3. The zero-order chi connectivity index (χ0) is 20.0. The standard InChI is InChI=1S/C20H24O7/c1-6-8(2)20(24)26-7-11-12-9(3)17-19(27-17)16(23)14(12)18(25-5)15(22)13(11)10(4)21/h6,9,16-17,19,22-23H,7H2,1-5H3/b8-6-/t9?,16-,17-,19+/m0/s1. The van der Waals surface area contributed by atoms with Gasteiger partial charge in [-0.05, 0) is 26.3 Å². The van der Waals surface area contributed by atoms with Gasteiger partial charge in [-0.25, -0.2) is 4.79 Å². The first-order valence-corrected chi connectivity index (χ1v) is 8.84. The number of aliphatic hydroxyl groups excluding tert-OH is 1. The summed E-state index contributed by atoms with van der Waals surface area (Å²) in [7, 11) is 1.37. The van der Waals surface area contributed by atoms with E-state index in [9.17, 15) is 19.8 Å². The van der Waals surface area contributed by atoms with Crippen molar-refractivity contribution in [1.82, 2.24) is 0 Å². The summed E-state index contributed by atoms with van der Waals surface area (Å²) in [4.78, 5) is 24.4. The van der Waals surface area contributed by atoms with Gasteiger partial charge in [0.1, 0.15) is 18.8 Å². The minimum atomic E-state index is -0.991. The molecular formula is C20H24O7. The van der Waals surface area contributed by atoms with Crippen LogP contribution in [0.2, 0.25) is 0 Å². The summed E-state index contributed by atoms with van der Waals surface area (Å²) in [6.45, 7) is 6.39. The fraction of sp³-hybridized carbons (Fsp3) is 0.500. The van der Waals surface area contributed by atoms with Crippen LogP contribution < -0.4 is 4.74 Å². The summed E-state index contributed by atoms with van der Waals surface area (Å²) in [5.41, 5.74) is 1.87. The average Bonchev–Trinajstić information content (AvgIpc) is 3.43. The fourth-order valence-corrected chi connectivity index (χ4v) is 3.84. The zero-order valence-electron chi connectivity index (χ0n) is 16.0. The van der Waals surface area contributed by atoms with Crippen LogP contribution in [0.15, 0.2) is 11.6 Å². The number of esters is 1. The Balaban J connectivity index is 2.19. The molecule has 2 N–H and O–H groups in total. The predicted molar refractivity (Wildman–Crippen MR) is 95.9 cm³/mol. The van der Waals surface area contributed by atoms with Crippen LogP contribution in [0.25, 0.3) is 0 Å². The van der Waals surface area contributed by atoms with Crippen molar-refractivity contribution in [3.8, 4) is 11.5 Å². The van der Waals surface area contributed by atoms with Gasteiger partial charge in [0, 0.05) is 22.6 Å². The number of epoxide rings is 1. The third-order valence-corrected chi connectivity index (χ3v) is 5.39. The topological polar surface area (TPSA) is 106 Å². The maximum atomic E-state index is 12.3. The lowest BCUT2D eigenvalue weighted by molar-refractivity contribution is -0.140. The smallest absolute Gasteiger partial charge is 0.333 e. The fourth-order valence-electron chi connectivity index (χ4n) is 3.84. The number of benzene rings is 1. The highest BCUT2D eigenvalue weighted by Gasteiger charge is 2.55. The molecule has 1 aromatic carbocycles. The Hall–Kier alpha value is -2.38. The molecule has 3 rings (SSSR count).